The van der Waals surface area contributed by atoms with E-state index in [9.17, 15) is 5.11 Å². The molecule has 2 aromatic heterocycles. The summed E-state index contributed by atoms with van der Waals surface area (Å²) in [6.45, 7) is 4.00. The van der Waals surface area contributed by atoms with Crippen molar-refractivity contribution in [3.63, 3.8) is 0 Å². The van der Waals surface area contributed by atoms with Crippen LogP contribution in [0.25, 0.3) is 0 Å². The van der Waals surface area contributed by atoms with Gasteiger partial charge >= 0.3 is 0 Å². The largest absolute Gasteiger partial charge is 0.369 e. The fraction of sp³-hybridized carbons (Fsp3) is 0.615. The van der Waals surface area contributed by atoms with Crippen molar-refractivity contribution in [1.29, 1.82) is 0 Å². The molecule has 4 heterocycles. The van der Waals surface area contributed by atoms with Gasteiger partial charge in [-0.05, 0) is 39.0 Å². The summed E-state index contributed by atoms with van der Waals surface area (Å²) in [5.74, 6) is -0.160. The molecule has 2 saturated heterocycles. The van der Waals surface area contributed by atoms with E-state index in [0.29, 0.717) is 36.8 Å². The zero-order valence-electron chi connectivity index (χ0n) is 22.0. The van der Waals surface area contributed by atoms with E-state index >= 15 is 0 Å². The van der Waals surface area contributed by atoms with Gasteiger partial charge in [0.05, 0.1) is 42.2 Å². The van der Waals surface area contributed by atoms with Gasteiger partial charge in [0.15, 0.2) is 0 Å². The van der Waals surface area contributed by atoms with Crippen LogP contribution in [0.15, 0.2) is 24.8 Å². The number of ether oxygens (including phenoxy) is 4. The second kappa shape index (κ2) is 10.7. The van der Waals surface area contributed by atoms with E-state index in [1.807, 2.05) is 13.0 Å². The maximum Gasteiger partial charge on any atom is 0.243 e. The first-order valence-corrected chi connectivity index (χ1v) is 13.6. The predicted molar refractivity (Wildman–Crippen MR) is 140 cm³/mol. The van der Waals surface area contributed by atoms with Gasteiger partial charge in [-0.2, -0.15) is 0 Å². The van der Waals surface area contributed by atoms with Crippen molar-refractivity contribution >= 4 is 11.6 Å². The Bertz CT molecular complexity index is 1230. The number of anilines is 2. The number of nitrogens with one attached hydrogen (secondary N) is 2. The fourth-order valence-electron chi connectivity index (χ4n) is 5.32. The zero-order valence-corrected chi connectivity index (χ0v) is 22.0. The predicted octanol–water partition coefficient (Wildman–Crippen LogP) is 0.781. The molecule has 2 aromatic rings. The van der Waals surface area contributed by atoms with Crippen LogP contribution in [0.2, 0.25) is 0 Å². The van der Waals surface area contributed by atoms with E-state index in [0.717, 1.165) is 49.2 Å². The van der Waals surface area contributed by atoms with E-state index in [2.05, 4.69) is 36.6 Å². The Morgan fingerprint density at radius 3 is 2.21 bits per heavy atom. The Labute approximate surface area is 226 Å². The third kappa shape index (κ3) is 5.35. The highest BCUT2D eigenvalue weighted by Crippen LogP contribution is 2.52. The first kappa shape index (κ1) is 26.4. The van der Waals surface area contributed by atoms with Crippen molar-refractivity contribution in [1.82, 2.24) is 19.9 Å². The molecule has 2 fully saturated rings. The van der Waals surface area contributed by atoms with E-state index in [1.54, 1.807) is 6.33 Å². The highest BCUT2D eigenvalue weighted by atomic mass is 16.6. The van der Waals surface area contributed by atoms with Crippen LogP contribution in [-0.2, 0) is 30.3 Å². The molecule has 2 aliphatic carbocycles. The van der Waals surface area contributed by atoms with Crippen molar-refractivity contribution < 1.29 is 24.1 Å². The van der Waals surface area contributed by atoms with Crippen molar-refractivity contribution in [3.8, 4) is 0 Å². The molecule has 0 saturated carbocycles. The summed E-state index contributed by atoms with van der Waals surface area (Å²) in [7, 11) is 0. The molecule has 6 atom stereocenters. The number of fused-ring (bicyclic) bond motifs is 2. The normalized spacial score (nSPS) is 32.3. The van der Waals surface area contributed by atoms with Gasteiger partial charge in [-0.3, -0.25) is 0 Å². The highest BCUT2D eigenvalue weighted by Gasteiger charge is 2.57. The van der Waals surface area contributed by atoms with Gasteiger partial charge < -0.3 is 46.2 Å². The number of rotatable bonds is 13. The standard InChI is InChI=1S/C26H36N8O5/c1-25(36-11-15-5-7-17(27)38-15)19-21(25)31-13-33-23(19)29-9-3-2-4-10-30-24-20-22(32-14-34-24)26(20,35)37-12-16-6-8-18(28)39-16/h2,4,13-18,35H,3,5-12,27-28H2,1H3,(H,29,31,33)(H,30,32,34)/b4-2+/t15-,16-,17+,18+,25?,26?/m0/s1. The summed E-state index contributed by atoms with van der Waals surface area (Å²) in [6.07, 6.45) is 10.7. The minimum Gasteiger partial charge on any atom is -0.369 e. The number of nitrogens with zero attached hydrogens (tertiary/aromatic N) is 4. The Balaban J connectivity index is 0.924. The molecule has 39 heavy (non-hydrogen) atoms. The van der Waals surface area contributed by atoms with Gasteiger partial charge in [0, 0.05) is 13.1 Å². The Morgan fingerprint density at radius 1 is 0.897 bits per heavy atom. The maximum atomic E-state index is 10.9. The lowest BCUT2D eigenvalue weighted by molar-refractivity contribution is -0.166. The van der Waals surface area contributed by atoms with Gasteiger partial charge in [-0.25, -0.2) is 19.9 Å². The summed E-state index contributed by atoms with van der Waals surface area (Å²) >= 11 is 0. The third-order valence-corrected chi connectivity index (χ3v) is 7.63. The average Bonchev–Trinajstić information content (AvgIpc) is 3.50. The van der Waals surface area contributed by atoms with Gasteiger partial charge in [-0.15, -0.1) is 0 Å². The molecule has 0 amide bonds. The second-order valence-electron chi connectivity index (χ2n) is 10.5. The monoisotopic (exact) mass is 540 g/mol. The maximum absolute atomic E-state index is 10.9. The molecule has 13 heteroatoms. The van der Waals surface area contributed by atoms with Crippen LogP contribution < -0.4 is 22.1 Å². The number of aromatic nitrogens is 4. The quantitative estimate of drug-likeness (QED) is 0.136. The molecule has 2 unspecified atom stereocenters. The number of aliphatic hydroxyl groups is 1. The van der Waals surface area contributed by atoms with Crippen LogP contribution in [0.4, 0.5) is 11.6 Å². The van der Waals surface area contributed by atoms with Gasteiger partial charge in [0.1, 0.15) is 48.0 Å². The van der Waals surface area contributed by atoms with Crippen molar-refractivity contribution in [2.24, 2.45) is 11.5 Å². The highest BCUT2D eigenvalue weighted by molar-refractivity contribution is 5.65. The molecule has 2 aliphatic heterocycles. The zero-order chi connectivity index (χ0) is 27.0. The molecule has 4 aliphatic rings. The molecule has 210 valence electrons. The lowest BCUT2D eigenvalue weighted by Gasteiger charge is -2.16. The molecule has 0 radical (unpaired) electrons. The first-order chi connectivity index (χ1) is 18.9. The molecular formula is C26H36N8O5. The fourth-order valence-corrected chi connectivity index (χ4v) is 5.32. The van der Waals surface area contributed by atoms with Crippen LogP contribution in [0.1, 0.15) is 61.5 Å². The summed E-state index contributed by atoms with van der Waals surface area (Å²) in [5, 5.41) is 17.5. The van der Waals surface area contributed by atoms with Crippen LogP contribution >= 0.6 is 0 Å². The topological polar surface area (TPSA) is 185 Å². The second-order valence-corrected chi connectivity index (χ2v) is 10.5. The van der Waals surface area contributed by atoms with Gasteiger partial charge in [0.2, 0.25) is 5.79 Å². The van der Waals surface area contributed by atoms with Crippen molar-refractivity contribution in [2.45, 2.75) is 75.1 Å². The molecule has 0 spiro atoms. The lowest BCUT2D eigenvalue weighted by Crippen LogP contribution is -2.25. The summed E-state index contributed by atoms with van der Waals surface area (Å²) in [4.78, 5) is 17.2. The molecule has 6 rings (SSSR count). The van der Waals surface area contributed by atoms with Crippen LogP contribution in [0.5, 0.6) is 0 Å². The van der Waals surface area contributed by atoms with Gasteiger partial charge in [-0.1, -0.05) is 12.2 Å². The van der Waals surface area contributed by atoms with E-state index in [4.69, 9.17) is 30.4 Å². The lowest BCUT2D eigenvalue weighted by atomic mass is 10.2. The Hall–Kier alpha value is -2.78. The minimum absolute atomic E-state index is 0.0266. The Kier molecular flexibility index (Phi) is 7.22. The number of nitrogens with two attached hydrogens (primary N) is 2. The van der Waals surface area contributed by atoms with Crippen LogP contribution in [0, 0.1) is 0 Å². The van der Waals surface area contributed by atoms with E-state index in [-0.39, 0.29) is 31.3 Å². The summed E-state index contributed by atoms with van der Waals surface area (Å²) in [6, 6.07) is 0. The van der Waals surface area contributed by atoms with E-state index in [1.165, 1.54) is 6.33 Å². The van der Waals surface area contributed by atoms with Gasteiger partial charge in [0.25, 0.3) is 0 Å². The first-order valence-electron chi connectivity index (χ1n) is 13.6. The molecule has 7 N–H and O–H groups in total. The number of hydrogen-bond donors (Lipinski definition) is 5. The molecule has 0 bridgehead atoms. The molecule has 0 aromatic carbocycles. The smallest absolute Gasteiger partial charge is 0.243 e. The number of hydrogen-bond acceptors (Lipinski definition) is 13. The Morgan fingerprint density at radius 2 is 1.54 bits per heavy atom. The van der Waals surface area contributed by atoms with Crippen LogP contribution in [-0.4, -0.2) is 76.0 Å². The minimum atomic E-state index is -1.52. The average molecular weight is 541 g/mol. The van der Waals surface area contributed by atoms with Crippen molar-refractivity contribution in [3.05, 3.63) is 47.3 Å². The van der Waals surface area contributed by atoms with Crippen LogP contribution in [0.3, 0.4) is 0 Å². The van der Waals surface area contributed by atoms with E-state index < -0.39 is 11.4 Å². The summed E-state index contributed by atoms with van der Waals surface area (Å²) < 4.78 is 23.1. The third-order valence-electron chi connectivity index (χ3n) is 7.63. The SMILES string of the molecule is CC1(OC[C@@H]2CC[C@H](N)O2)c2ncnc(NCC/C=C/CNc3ncnc4c3C4(O)OC[C@@H]3CC[C@H](N)O3)c21. The van der Waals surface area contributed by atoms with Crippen molar-refractivity contribution in [2.75, 3.05) is 36.9 Å². The molecular weight excluding hydrogens is 504 g/mol. The molecule has 13 nitrogen and oxygen atoms in total. The summed E-state index contributed by atoms with van der Waals surface area (Å²) in [5.41, 5.74) is 14.0.